The molecule has 2 rings (SSSR count). The van der Waals surface area contributed by atoms with Crippen LogP contribution >= 0.6 is 15.9 Å². The van der Waals surface area contributed by atoms with Gasteiger partial charge in [-0.15, -0.1) is 0 Å². The summed E-state index contributed by atoms with van der Waals surface area (Å²) in [6.07, 6.45) is 2.68. The third-order valence-electron chi connectivity index (χ3n) is 2.72. The molecule has 0 aliphatic heterocycles. The zero-order chi connectivity index (χ0) is 15.6. The van der Waals surface area contributed by atoms with Crippen molar-refractivity contribution in [1.82, 2.24) is 4.98 Å². The minimum atomic E-state index is -3.84. The first-order valence-corrected chi connectivity index (χ1v) is 8.04. The van der Waals surface area contributed by atoms with Gasteiger partial charge in [-0.25, -0.2) is 13.2 Å². The quantitative estimate of drug-likeness (QED) is 0.862. The van der Waals surface area contributed by atoms with Crippen molar-refractivity contribution < 1.29 is 18.3 Å². The molecule has 0 saturated carbocycles. The first-order valence-electron chi connectivity index (χ1n) is 5.77. The van der Waals surface area contributed by atoms with Gasteiger partial charge in [-0.3, -0.25) is 9.71 Å². The number of carboxylic acids is 1. The van der Waals surface area contributed by atoms with E-state index in [9.17, 15) is 13.2 Å². The number of hydrogen-bond donors (Lipinski definition) is 2. The number of anilines is 1. The molecule has 0 atom stereocenters. The second kappa shape index (κ2) is 5.82. The third-order valence-corrected chi connectivity index (χ3v) is 4.49. The summed E-state index contributed by atoms with van der Waals surface area (Å²) in [4.78, 5) is 14.7. The second-order valence-electron chi connectivity index (χ2n) is 4.28. The number of carbonyl (C=O) groups is 1. The Kier molecular flexibility index (Phi) is 4.29. The van der Waals surface area contributed by atoms with Crippen LogP contribution in [0, 0.1) is 6.92 Å². The number of aryl methyl sites for hydroxylation is 1. The SMILES string of the molecule is Cc1ccc(C(=O)O)cc1NS(=O)(=O)c1cncc(Br)c1. The van der Waals surface area contributed by atoms with E-state index >= 15 is 0 Å². The molecule has 0 spiro atoms. The Labute approximate surface area is 130 Å². The van der Waals surface area contributed by atoms with Crippen LogP contribution in [0.25, 0.3) is 0 Å². The highest BCUT2D eigenvalue weighted by atomic mass is 79.9. The average Bonchev–Trinajstić information content (AvgIpc) is 2.41. The van der Waals surface area contributed by atoms with Crippen LogP contribution in [0.1, 0.15) is 15.9 Å². The smallest absolute Gasteiger partial charge is 0.335 e. The number of carboxylic acid groups (broad SMARTS) is 1. The Balaban J connectivity index is 2.41. The molecule has 0 saturated heterocycles. The van der Waals surface area contributed by atoms with Gasteiger partial charge in [-0.1, -0.05) is 6.07 Å². The van der Waals surface area contributed by atoms with Gasteiger partial charge in [0.05, 0.1) is 11.3 Å². The summed E-state index contributed by atoms with van der Waals surface area (Å²) in [5, 5.41) is 8.96. The maximum absolute atomic E-state index is 12.3. The molecule has 1 aromatic carbocycles. The van der Waals surface area contributed by atoms with E-state index in [2.05, 4.69) is 25.6 Å². The standard InChI is InChI=1S/C13H11BrN2O4S/c1-8-2-3-9(13(17)18)4-12(8)16-21(19,20)11-5-10(14)6-15-7-11/h2-7,16H,1H3,(H,17,18). The number of nitrogens with one attached hydrogen (secondary N) is 1. The van der Waals surface area contributed by atoms with E-state index in [0.29, 0.717) is 10.0 Å². The average molecular weight is 371 g/mol. The predicted molar refractivity (Wildman–Crippen MR) is 80.9 cm³/mol. The summed E-state index contributed by atoms with van der Waals surface area (Å²) < 4.78 is 27.4. The minimum absolute atomic E-state index is 0.00525. The van der Waals surface area contributed by atoms with Crippen molar-refractivity contribution in [3.8, 4) is 0 Å². The van der Waals surface area contributed by atoms with Crippen LogP contribution in [0.5, 0.6) is 0 Å². The molecular formula is C13H11BrN2O4S. The fourth-order valence-corrected chi connectivity index (χ4v) is 3.23. The molecule has 2 N–H and O–H groups in total. The molecule has 6 nitrogen and oxygen atoms in total. The molecular weight excluding hydrogens is 360 g/mol. The molecule has 1 heterocycles. The van der Waals surface area contributed by atoms with Crippen molar-refractivity contribution in [1.29, 1.82) is 0 Å². The van der Waals surface area contributed by atoms with Crippen LogP contribution in [0.3, 0.4) is 0 Å². The van der Waals surface area contributed by atoms with Crippen LogP contribution in [-0.4, -0.2) is 24.5 Å². The van der Waals surface area contributed by atoms with Crippen LogP contribution in [0.4, 0.5) is 5.69 Å². The summed E-state index contributed by atoms with van der Waals surface area (Å²) >= 11 is 3.15. The van der Waals surface area contributed by atoms with Crippen molar-refractivity contribution in [2.24, 2.45) is 0 Å². The van der Waals surface area contributed by atoms with E-state index in [0.717, 1.165) is 0 Å². The van der Waals surface area contributed by atoms with E-state index in [1.807, 2.05) is 0 Å². The van der Waals surface area contributed by atoms with Gasteiger partial charge in [0, 0.05) is 16.9 Å². The molecule has 2 aromatic rings. The maximum Gasteiger partial charge on any atom is 0.335 e. The van der Waals surface area contributed by atoms with E-state index in [1.54, 1.807) is 13.0 Å². The van der Waals surface area contributed by atoms with Crippen molar-refractivity contribution in [3.63, 3.8) is 0 Å². The van der Waals surface area contributed by atoms with Crippen LogP contribution < -0.4 is 4.72 Å². The highest BCUT2D eigenvalue weighted by molar-refractivity contribution is 9.10. The van der Waals surface area contributed by atoms with Crippen molar-refractivity contribution in [3.05, 3.63) is 52.3 Å². The molecule has 0 aliphatic rings. The lowest BCUT2D eigenvalue weighted by Gasteiger charge is -2.11. The fourth-order valence-electron chi connectivity index (χ4n) is 1.61. The molecule has 8 heteroatoms. The number of benzene rings is 1. The summed E-state index contributed by atoms with van der Waals surface area (Å²) in [5.41, 5.74) is 0.840. The Morgan fingerprint density at radius 3 is 2.62 bits per heavy atom. The number of aromatic carboxylic acids is 1. The molecule has 0 radical (unpaired) electrons. The summed E-state index contributed by atoms with van der Waals surface area (Å²) in [6, 6.07) is 5.64. The van der Waals surface area contributed by atoms with Gasteiger partial charge >= 0.3 is 5.97 Å². The second-order valence-corrected chi connectivity index (χ2v) is 6.88. The lowest BCUT2D eigenvalue weighted by molar-refractivity contribution is 0.0697. The number of rotatable bonds is 4. The van der Waals surface area contributed by atoms with Crippen molar-refractivity contribution in [2.45, 2.75) is 11.8 Å². The van der Waals surface area contributed by atoms with Gasteiger partial charge < -0.3 is 5.11 Å². The molecule has 110 valence electrons. The first-order chi connectivity index (χ1) is 9.79. The van der Waals surface area contributed by atoms with Crippen LogP contribution in [0.15, 0.2) is 46.0 Å². The number of aromatic nitrogens is 1. The molecule has 1 aromatic heterocycles. The Bertz CT molecular complexity index is 806. The van der Waals surface area contributed by atoms with Gasteiger partial charge in [-0.05, 0) is 46.6 Å². The number of sulfonamides is 1. The Morgan fingerprint density at radius 2 is 2.00 bits per heavy atom. The Morgan fingerprint density at radius 1 is 1.29 bits per heavy atom. The van der Waals surface area contributed by atoms with E-state index in [1.165, 1.54) is 30.6 Å². The highest BCUT2D eigenvalue weighted by Gasteiger charge is 2.17. The highest BCUT2D eigenvalue weighted by Crippen LogP contribution is 2.22. The van der Waals surface area contributed by atoms with Crippen molar-refractivity contribution >= 4 is 37.6 Å². The largest absolute Gasteiger partial charge is 0.478 e. The van der Waals surface area contributed by atoms with Crippen LogP contribution in [-0.2, 0) is 10.0 Å². The molecule has 0 bridgehead atoms. The zero-order valence-corrected chi connectivity index (χ0v) is 13.3. The number of halogens is 1. The van der Waals surface area contributed by atoms with Crippen molar-refractivity contribution in [2.75, 3.05) is 4.72 Å². The van der Waals surface area contributed by atoms with Gasteiger partial charge in [0.1, 0.15) is 4.90 Å². The normalized spacial score (nSPS) is 11.1. The topological polar surface area (TPSA) is 96.4 Å². The monoisotopic (exact) mass is 370 g/mol. The number of nitrogens with zero attached hydrogens (tertiary/aromatic N) is 1. The lowest BCUT2D eigenvalue weighted by Crippen LogP contribution is -2.14. The number of hydrogen-bond acceptors (Lipinski definition) is 4. The summed E-state index contributed by atoms with van der Waals surface area (Å²) in [5.74, 6) is -1.13. The van der Waals surface area contributed by atoms with E-state index < -0.39 is 16.0 Å². The summed E-state index contributed by atoms with van der Waals surface area (Å²) in [7, 11) is -3.84. The molecule has 0 unspecified atom stereocenters. The molecule has 0 aliphatic carbocycles. The third kappa shape index (κ3) is 3.59. The molecule has 0 fully saturated rings. The van der Waals surface area contributed by atoms with Gasteiger partial charge in [0.15, 0.2) is 0 Å². The fraction of sp³-hybridized carbons (Fsp3) is 0.0769. The van der Waals surface area contributed by atoms with Gasteiger partial charge in [0.25, 0.3) is 10.0 Å². The van der Waals surface area contributed by atoms with E-state index in [4.69, 9.17) is 5.11 Å². The summed E-state index contributed by atoms with van der Waals surface area (Å²) in [6.45, 7) is 1.68. The first kappa shape index (κ1) is 15.5. The molecule has 21 heavy (non-hydrogen) atoms. The number of pyridine rings is 1. The predicted octanol–water partition coefficient (Wildman–Crippen LogP) is 2.65. The minimum Gasteiger partial charge on any atom is -0.478 e. The maximum atomic E-state index is 12.3. The lowest BCUT2D eigenvalue weighted by atomic mass is 10.1. The zero-order valence-electron chi connectivity index (χ0n) is 10.9. The van der Waals surface area contributed by atoms with Gasteiger partial charge in [0.2, 0.25) is 0 Å². The van der Waals surface area contributed by atoms with E-state index in [-0.39, 0.29) is 16.1 Å². The Hall–Kier alpha value is -1.93. The van der Waals surface area contributed by atoms with Crippen LogP contribution in [0.2, 0.25) is 0 Å². The van der Waals surface area contributed by atoms with Gasteiger partial charge in [-0.2, -0.15) is 0 Å². The molecule has 0 amide bonds.